The van der Waals surface area contributed by atoms with Crippen molar-refractivity contribution >= 4 is 17.3 Å². The van der Waals surface area contributed by atoms with Crippen molar-refractivity contribution in [3.05, 3.63) is 24.7 Å². The van der Waals surface area contributed by atoms with E-state index in [-0.39, 0.29) is 11.9 Å². The summed E-state index contributed by atoms with van der Waals surface area (Å²) in [5.74, 6) is 0.423. The Balaban J connectivity index is 2.81. The fraction of sp³-hybridized carbons (Fsp3) is 0.417. The minimum absolute atomic E-state index is 0.0733. The van der Waals surface area contributed by atoms with Gasteiger partial charge in [0.05, 0.1) is 23.7 Å². The first-order valence-electron chi connectivity index (χ1n) is 5.60. The molecule has 0 atom stereocenters. The molecule has 0 aliphatic heterocycles. The van der Waals surface area contributed by atoms with Crippen molar-refractivity contribution in [2.75, 3.05) is 11.9 Å². The molecule has 1 rings (SSSR count). The first-order valence-corrected chi connectivity index (χ1v) is 5.60. The molecule has 2 N–H and O–H groups in total. The van der Waals surface area contributed by atoms with Gasteiger partial charge in [0.25, 0.3) is 5.91 Å². The summed E-state index contributed by atoms with van der Waals surface area (Å²) < 4.78 is 0. The second kappa shape index (κ2) is 5.98. The zero-order valence-electron chi connectivity index (χ0n) is 10.4. The standard InChI is InChI=1S/C12H18N4O/c1-5-14-11-7-13-6-10(16-11)9(4)12(17)15-8(2)3/h6-8H,4-5H2,1-3H3,(H,14,16)(H,15,17). The zero-order chi connectivity index (χ0) is 12.8. The highest BCUT2D eigenvalue weighted by atomic mass is 16.1. The number of anilines is 1. The number of rotatable bonds is 5. The molecule has 0 aromatic carbocycles. The molecule has 0 bridgehead atoms. The monoisotopic (exact) mass is 234 g/mol. The van der Waals surface area contributed by atoms with Gasteiger partial charge in [-0.3, -0.25) is 9.78 Å². The Morgan fingerprint density at radius 3 is 2.76 bits per heavy atom. The predicted octanol–water partition coefficient (Wildman–Crippen LogP) is 1.45. The minimum Gasteiger partial charge on any atom is -0.369 e. The first kappa shape index (κ1) is 13.2. The molecular formula is C12H18N4O. The van der Waals surface area contributed by atoms with Crippen molar-refractivity contribution in [2.24, 2.45) is 0 Å². The molecule has 5 nitrogen and oxygen atoms in total. The Morgan fingerprint density at radius 1 is 1.47 bits per heavy atom. The van der Waals surface area contributed by atoms with Crippen LogP contribution in [0.2, 0.25) is 0 Å². The summed E-state index contributed by atoms with van der Waals surface area (Å²) in [5.41, 5.74) is 0.813. The van der Waals surface area contributed by atoms with Crippen LogP contribution in [0, 0.1) is 0 Å². The van der Waals surface area contributed by atoms with Crippen LogP contribution in [0.1, 0.15) is 26.5 Å². The summed E-state index contributed by atoms with van der Waals surface area (Å²) in [6.07, 6.45) is 3.14. The average molecular weight is 234 g/mol. The average Bonchev–Trinajstić information content (AvgIpc) is 2.28. The van der Waals surface area contributed by atoms with Crippen molar-refractivity contribution in [2.45, 2.75) is 26.8 Å². The molecule has 0 radical (unpaired) electrons. The number of nitrogens with one attached hydrogen (secondary N) is 2. The van der Waals surface area contributed by atoms with Crippen LogP contribution >= 0.6 is 0 Å². The van der Waals surface area contributed by atoms with Gasteiger partial charge in [-0.25, -0.2) is 4.98 Å². The summed E-state index contributed by atoms with van der Waals surface area (Å²) in [5, 5.41) is 5.80. The van der Waals surface area contributed by atoms with Crippen LogP contribution in [-0.4, -0.2) is 28.5 Å². The van der Waals surface area contributed by atoms with E-state index in [0.29, 0.717) is 17.1 Å². The molecule has 0 unspecified atom stereocenters. The lowest BCUT2D eigenvalue weighted by Gasteiger charge is -2.10. The van der Waals surface area contributed by atoms with E-state index in [9.17, 15) is 4.79 Å². The SMILES string of the molecule is C=C(C(=O)NC(C)C)c1cncc(NCC)n1. The second-order valence-corrected chi connectivity index (χ2v) is 3.93. The molecule has 1 aromatic rings. The minimum atomic E-state index is -0.219. The van der Waals surface area contributed by atoms with Gasteiger partial charge >= 0.3 is 0 Å². The third kappa shape index (κ3) is 3.86. The molecule has 5 heteroatoms. The number of aromatic nitrogens is 2. The van der Waals surface area contributed by atoms with Crippen LogP contribution in [0.3, 0.4) is 0 Å². The molecule has 0 spiro atoms. The molecule has 1 heterocycles. The van der Waals surface area contributed by atoms with E-state index < -0.39 is 0 Å². The van der Waals surface area contributed by atoms with Crippen molar-refractivity contribution < 1.29 is 4.79 Å². The van der Waals surface area contributed by atoms with E-state index in [2.05, 4.69) is 27.2 Å². The first-order chi connectivity index (χ1) is 8.04. The van der Waals surface area contributed by atoms with Gasteiger partial charge in [-0.05, 0) is 20.8 Å². The number of hydrogen-bond donors (Lipinski definition) is 2. The summed E-state index contributed by atoms with van der Waals surface area (Å²) >= 11 is 0. The maximum absolute atomic E-state index is 11.7. The summed E-state index contributed by atoms with van der Waals surface area (Å²) in [4.78, 5) is 20.0. The van der Waals surface area contributed by atoms with Crippen molar-refractivity contribution in [3.8, 4) is 0 Å². The van der Waals surface area contributed by atoms with Crippen LogP contribution in [0.25, 0.3) is 5.57 Å². The van der Waals surface area contributed by atoms with Gasteiger partial charge in [0.1, 0.15) is 5.82 Å². The summed E-state index contributed by atoms with van der Waals surface area (Å²) in [7, 11) is 0. The van der Waals surface area contributed by atoms with Gasteiger partial charge in [-0.15, -0.1) is 0 Å². The molecule has 1 aromatic heterocycles. The van der Waals surface area contributed by atoms with Gasteiger partial charge in [-0.1, -0.05) is 6.58 Å². The number of carbonyl (C=O) groups excluding carboxylic acids is 1. The zero-order valence-corrected chi connectivity index (χ0v) is 10.4. The van der Waals surface area contributed by atoms with Crippen LogP contribution in [0.4, 0.5) is 5.82 Å². The van der Waals surface area contributed by atoms with E-state index in [1.54, 1.807) is 6.20 Å². The Labute approximate surface area is 101 Å². The van der Waals surface area contributed by atoms with E-state index >= 15 is 0 Å². The quantitative estimate of drug-likeness (QED) is 0.757. The van der Waals surface area contributed by atoms with E-state index in [1.165, 1.54) is 6.20 Å². The lowest BCUT2D eigenvalue weighted by atomic mass is 10.2. The van der Waals surface area contributed by atoms with Gasteiger partial charge in [0, 0.05) is 12.6 Å². The Kier molecular flexibility index (Phi) is 4.63. The maximum atomic E-state index is 11.7. The predicted molar refractivity (Wildman–Crippen MR) is 68.5 cm³/mol. The lowest BCUT2D eigenvalue weighted by Crippen LogP contribution is -2.30. The molecular weight excluding hydrogens is 216 g/mol. The van der Waals surface area contributed by atoms with Crippen molar-refractivity contribution in [1.82, 2.24) is 15.3 Å². The number of carbonyl (C=O) groups is 1. The van der Waals surface area contributed by atoms with E-state index in [1.807, 2.05) is 20.8 Å². The molecule has 92 valence electrons. The highest BCUT2D eigenvalue weighted by Crippen LogP contribution is 2.11. The van der Waals surface area contributed by atoms with Crippen LogP contribution in [-0.2, 0) is 4.79 Å². The van der Waals surface area contributed by atoms with E-state index in [4.69, 9.17) is 0 Å². The Bertz CT molecular complexity index is 415. The number of amides is 1. The highest BCUT2D eigenvalue weighted by Gasteiger charge is 2.12. The number of hydrogen-bond acceptors (Lipinski definition) is 4. The van der Waals surface area contributed by atoms with Crippen molar-refractivity contribution in [1.29, 1.82) is 0 Å². The lowest BCUT2D eigenvalue weighted by molar-refractivity contribution is -0.116. The molecule has 0 saturated carbocycles. The fourth-order valence-corrected chi connectivity index (χ4v) is 1.24. The maximum Gasteiger partial charge on any atom is 0.253 e. The van der Waals surface area contributed by atoms with Gasteiger partial charge < -0.3 is 10.6 Å². The van der Waals surface area contributed by atoms with Crippen LogP contribution in [0.5, 0.6) is 0 Å². The second-order valence-electron chi connectivity index (χ2n) is 3.93. The molecule has 1 amide bonds. The highest BCUT2D eigenvalue weighted by molar-refractivity contribution is 6.18. The normalized spacial score (nSPS) is 10.1. The molecule has 0 aliphatic rings. The van der Waals surface area contributed by atoms with Gasteiger partial charge in [0.15, 0.2) is 0 Å². The summed E-state index contributed by atoms with van der Waals surface area (Å²) in [6, 6.07) is 0.0733. The fourth-order valence-electron chi connectivity index (χ4n) is 1.24. The summed E-state index contributed by atoms with van der Waals surface area (Å²) in [6.45, 7) is 10.2. The largest absolute Gasteiger partial charge is 0.369 e. The third-order valence-electron chi connectivity index (χ3n) is 2.00. The smallest absolute Gasteiger partial charge is 0.253 e. The molecule has 17 heavy (non-hydrogen) atoms. The third-order valence-corrected chi connectivity index (χ3v) is 2.00. The molecule has 0 aliphatic carbocycles. The van der Waals surface area contributed by atoms with Gasteiger partial charge in [-0.2, -0.15) is 0 Å². The number of nitrogens with zero attached hydrogens (tertiary/aromatic N) is 2. The van der Waals surface area contributed by atoms with Crippen LogP contribution in [0.15, 0.2) is 19.0 Å². The van der Waals surface area contributed by atoms with E-state index in [0.717, 1.165) is 6.54 Å². The molecule has 0 saturated heterocycles. The van der Waals surface area contributed by atoms with Crippen LogP contribution < -0.4 is 10.6 Å². The topological polar surface area (TPSA) is 66.9 Å². The molecule has 0 fully saturated rings. The van der Waals surface area contributed by atoms with Gasteiger partial charge in [0.2, 0.25) is 0 Å². The van der Waals surface area contributed by atoms with Crippen molar-refractivity contribution in [3.63, 3.8) is 0 Å². The Hall–Kier alpha value is -1.91. The Morgan fingerprint density at radius 2 is 2.18 bits per heavy atom.